The molecule has 1 saturated heterocycles. The molecule has 2 aromatic heterocycles. The quantitative estimate of drug-likeness (QED) is 0.358. The summed E-state index contributed by atoms with van der Waals surface area (Å²) in [7, 11) is 0. The van der Waals surface area contributed by atoms with Crippen molar-refractivity contribution in [3.05, 3.63) is 71.6 Å². The van der Waals surface area contributed by atoms with Crippen LogP contribution in [-0.2, 0) is 12.8 Å². The van der Waals surface area contributed by atoms with Crippen molar-refractivity contribution in [3.8, 4) is 33.6 Å². The number of rotatable bonds is 4. The molecule has 2 atom stereocenters. The molecule has 2 aliphatic rings. The molecule has 4 aromatic rings. The van der Waals surface area contributed by atoms with E-state index in [1.807, 2.05) is 13.1 Å². The number of nitrogens with two attached hydrogens (primary N) is 1. The van der Waals surface area contributed by atoms with Crippen LogP contribution in [0.15, 0.2) is 48.7 Å². The smallest absolute Gasteiger partial charge is 0.124 e. The average molecular weight is 439 g/mol. The lowest BCUT2D eigenvalue weighted by Crippen LogP contribution is -2.14. The van der Waals surface area contributed by atoms with E-state index < -0.39 is 0 Å². The minimum absolute atomic E-state index is 0.0989. The number of aromatic nitrogens is 4. The molecule has 5 N–H and O–H groups in total. The first kappa shape index (κ1) is 20.4. The highest BCUT2D eigenvalue weighted by Gasteiger charge is 2.24. The SMILES string of the molecule is C[C@H](N)c1ncc(-c2ccc(-c3ccc4c(c3)CCCc3[nH]c([C@@H]5CCCN5)nc3-4)cc2)[nH]1. The lowest BCUT2D eigenvalue weighted by Gasteiger charge is -2.10. The van der Waals surface area contributed by atoms with Crippen LogP contribution in [0.3, 0.4) is 0 Å². The topological polar surface area (TPSA) is 95.4 Å². The largest absolute Gasteiger partial charge is 0.344 e. The molecule has 6 rings (SSSR count). The van der Waals surface area contributed by atoms with Gasteiger partial charge in [0.15, 0.2) is 0 Å². The Morgan fingerprint density at radius 1 is 0.970 bits per heavy atom. The number of imidazole rings is 2. The molecule has 168 valence electrons. The van der Waals surface area contributed by atoms with Crippen molar-refractivity contribution in [1.82, 2.24) is 25.3 Å². The maximum Gasteiger partial charge on any atom is 0.124 e. The van der Waals surface area contributed by atoms with Crippen molar-refractivity contribution in [2.24, 2.45) is 5.73 Å². The van der Waals surface area contributed by atoms with Crippen molar-refractivity contribution in [3.63, 3.8) is 0 Å². The number of H-pyrrole nitrogens is 2. The number of benzene rings is 2. The van der Waals surface area contributed by atoms with Gasteiger partial charge in [-0.05, 0) is 67.8 Å². The standard InChI is InChI=1S/C27H30N6/c1-16(28)26-30-15-24(32-26)18-9-7-17(8-10-18)19-11-12-21-20(14-19)4-2-5-22-25(21)33-27(31-22)23-6-3-13-29-23/h7-12,14-16,23,29H,2-6,13,28H2,1H3,(H,30,32)(H,31,33)/t16-,23-/m0/s1. The van der Waals surface area contributed by atoms with E-state index in [-0.39, 0.29) is 6.04 Å². The molecule has 6 nitrogen and oxygen atoms in total. The number of hydrogen-bond acceptors (Lipinski definition) is 4. The summed E-state index contributed by atoms with van der Waals surface area (Å²) in [5, 5.41) is 3.57. The number of nitrogens with zero attached hydrogens (tertiary/aromatic N) is 2. The zero-order valence-electron chi connectivity index (χ0n) is 19.0. The first-order valence-corrected chi connectivity index (χ1v) is 12.0. The molecule has 1 aliphatic carbocycles. The van der Waals surface area contributed by atoms with E-state index >= 15 is 0 Å². The van der Waals surface area contributed by atoms with Crippen LogP contribution in [0.25, 0.3) is 33.6 Å². The predicted molar refractivity (Wildman–Crippen MR) is 132 cm³/mol. The maximum absolute atomic E-state index is 5.93. The van der Waals surface area contributed by atoms with Gasteiger partial charge in [0.25, 0.3) is 0 Å². The van der Waals surface area contributed by atoms with Gasteiger partial charge in [0.05, 0.1) is 29.7 Å². The van der Waals surface area contributed by atoms with Crippen LogP contribution < -0.4 is 11.1 Å². The summed E-state index contributed by atoms with van der Waals surface area (Å²) in [6.45, 7) is 3.02. The lowest BCUT2D eigenvalue weighted by molar-refractivity contribution is 0.610. The van der Waals surface area contributed by atoms with Gasteiger partial charge in [-0.15, -0.1) is 0 Å². The fraction of sp³-hybridized carbons (Fsp3) is 0.333. The molecule has 33 heavy (non-hydrogen) atoms. The minimum atomic E-state index is -0.0989. The second kappa shape index (κ2) is 8.28. The zero-order chi connectivity index (χ0) is 22.4. The van der Waals surface area contributed by atoms with Crippen molar-refractivity contribution in [2.75, 3.05) is 6.54 Å². The molecule has 3 heterocycles. The summed E-state index contributed by atoms with van der Waals surface area (Å²) < 4.78 is 0. The van der Waals surface area contributed by atoms with Crippen LogP contribution in [0.2, 0.25) is 0 Å². The van der Waals surface area contributed by atoms with Gasteiger partial charge in [0.1, 0.15) is 11.6 Å². The fourth-order valence-electron chi connectivity index (χ4n) is 5.14. The summed E-state index contributed by atoms with van der Waals surface area (Å²) in [6.07, 6.45) is 7.52. The maximum atomic E-state index is 5.93. The Hall–Kier alpha value is -3.22. The number of aryl methyl sites for hydroxylation is 2. The number of aromatic amines is 2. The Bertz CT molecular complexity index is 1270. The molecule has 0 unspecified atom stereocenters. The summed E-state index contributed by atoms with van der Waals surface area (Å²) in [4.78, 5) is 16.4. The van der Waals surface area contributed by atoms with Gasteiger partial charge in [-0.1, -0.05) is 42.5 Å². The summed E-state index contributed by atoms with van der Waals surface area (Å²) >= 11 is 0. The van der Waals surface area contributed by atoms with E-state index in [9.17, 15) is 0 Å². The molecule has 0 saturated carbocycles. The van der Waals surface area contributed by atoms with E-state index in [2.05, 4.69) is 62.7 Å². The highest BCUT2D eigenvalue weighted by molar-refractivity contribution is 5.75. The molecule has 1 fully saturated rings. The second-order valence-corrected chi connectivity index (χ2v) is 9.37. The second-order valence-electron chi connectivity index (χ2n) is 9.37. The third-order valence-corrected chi connectivity index (χ3v) is 6.98. The Labute approximate surface area is 194 Å². The molecule has 0 spiro atoms. The van der Waals surface area contributed by atoms with Gasteiger partial charge in [0, 0.05) is 11.3 Å². The Balaban J connectivity index is 1.29. The molecular weight excluding hydrogens is 408 g/mol. The van der Waals surface area contributed by atoms with Crippen molar-refractivity contribution >= 4 is 0 Å². The molecule has 0 amide bonds. The van der Waals surface area contributed by atoms with E-state index in [4.69, 9.17) is 10.7 Å². The van der Waals surface area contributed by atoms with Crippen molar-refractivity contribution < 1.29 is 0 Å². The van der Waals surface area contributed by atoms with Crippen LogP contribution in [-0.4, -0.2) is 26.5 Å². The number of nitrogens with one attached hydrogen (secondary N) is 3. The lowest BCUT2D eigenvalue weighted by atomic mass is 9.95. The van der Waals surface area contributed by atoms with Crippen molar-refractivity contribution in [1.29, 1.82) is 0 Å². The Morgan fingerprint density at radius 2 is 1.79 bits per heavy atom. The first-order valence-electron chi connectivity index (χ1n) is 12.0. The highest BCUT2D eigenvalue weighted by Crippen LogP contribution is 2.36. The van der Waals surface area contributed by atoms with Gasteiger partial charge < -0.3 is 21.0 Å². The monoisotopic (exact) mass is 438 g/mol. The Morgan fingerprint density at radius 3 is 2.55 bits per heavy atom. The zero-order valence-corrected chi connectivity index (χ0v) is 19.0. The van der Waals surface area contributed by atoms with Gasteiger partial charge in [-0.2, -0.15) is 0 Å². The van der Waals surface area contributed by atoms with E-state index in [1.54, 1.807) is 0 Å². The molecule has 0 radical (unpaired) electrons. The predicted octanol–water partition coefficient (Wildman–Crippen LogP) is 5.07. The third kappa shape index (κ3) is 3.79. The molecular formula is C27H30N6. The van der Waals surface area contributed by atoms with E-state index in [0.717, 1.165) is 54.4 Å². The molecule has 2 aromatic carbocycles. The van der Waals surface area contributed by atoms with Crippen LogP contribution in [0.4, 0.5) is 0 Å². The van der Waals surface area contributed by atoms with Crippen LogP contribution in [0.1, 0.15) is 61.2 Å². The van der Waals surface area contributed by atoms with Crippen molar-refractivity contribution in [2.45, 2.75) is 51.1 Å². The van der Waals surface area contributed by atoms with Gasteiger partial charge in [-0.3, -0.25) is 0 Å². The van der Waals surface area contributed by atoms with E-state index in [1.165, 1.54) is 40.8 Å². The molecule has 0 bridgehead atoms. The van der Waals surface area contributed by atoms with Gasteiger partial charge in [0.2, 0.25) is 0 Å². The fourth-order valence-corrected chi connectivity index (χ4v) is 5.14. The van der Waals surface area contributed by atoms with Gasteiger partial charge >= 0.3 is 0 Å². The summed E-state index contributed by atoms with van der Waals surface area (Å²) in [5.74, 6) is 1.92. The van der Waals surface area contributed by atoms with E-state index in [0.29, 0.717) is 6.04 Å². The number of hydrogen-bond donors (Lipinski definition) is 4. The average Bonchev–Trinajstić information content (AvgIpc) is 3.59. The highest BCUT2D eigenvalue weighted by atomic mass is 15.0. The Kier molecular flexibility index (Phi) is 5.12. The third-order valence-electron chi connectivity index (χ3n) is 6.98. The summed E-state index contributed by atoms with van der Waals surface area (Å²) in [5.41, 5.74) is 15.6. The van der Waals surface area contributed by atoms with Crippen LogP contribution in [0.5, 0.6) is 0 Å². The normalized spacial score (nSPS) is 18.5. The van der Waals surface area contributed by atoms with Gasteiger partial charge in [-0.25, -0.2) is 9.97 Å². The minimum Gasteiger partial charge on any atom is -0.344 e. The van der Waals surface area contributed by atoms with Crippen LogP contribution in [0, 0.1) is 0 Å². The molecule has 6 heteroatoms. The molecule has 1 aliphatic heterocycles. The number of fused-ring (bicyclic) bond motifs is 3. The van der Waals surface area contributed by atoms with Crippen LogP contribution >= 0.6 is 0 Å². The summed E-state index contributed by atoms with van der Waals surface area (Å²) in [6, 6.07) is 15.8. The first-order chi connectivity index (χ1) is 16.2.